The predicted molar refractivity (Wildman–Crippen MR) is 79.1 cm³/mol. The smallest absolute Gasteiger partial charge is 0.216 e. The van der Waals surface area contributed by atoms with Crippen LogP contribution in [0.15, 0.2) is 18.2 Å². The van der Waals surface area contributed by atoms with Crippen LogP contribution in [0.1, 0.15) is 37.2 Å². The number of para-hydroxylation sites is 1. The summed E-state index contributed by atoms with van der Waals surface area (Å²) in [4.78, 5) is 1.32. The zero-order valence-electron chi connectivity index (χ0n) is 13.2. The third kappa shape index (κ3) is 2.22. The Bertz CT molecular complexity index is 582. The zero-order chi connectivity index (χ0) is 14.9. The number of aryl methyl sites for hydroxylation is 2. The third-order valence-corrected chi connectivity index (χ3v) is 4.42. The third-order valence-electron chi connectivity index (χ3n) is 4.42. The minimum atomic E-state index is -0.113. The van der Waals surface area contributed by atoms with Crippen LogP contribution in [0.3, 0.4) is 0 Å². The standard InChI is InChI=1S/C15H23N5/c1-7-15(4,19(5)6)14-16-17-18-20(14)13-11(2)9-8-10-12(13)3/h8-10H,7H2,1-6H3/p+1/t15-/m0/s1. The summed E-state index contributed by atoms with van der Waals surface area (Å²) in [5.41, 5.74) is 3.35. The molecule has 108 valence electrons. The molecule has 5 nitrogen and oxygen atoms in total. The Morgan fingerprint density at radius 3 is 2.30 bits per heavy atom. The summed E-state index contributed by atoms with van der Waals surface area (Å²) in [6, 6.07) is 6.26. The molecule has 0 aliphatic rings. The Morgan fingerprint density at radius 1 is 1.20 bits per heavy atom. The molecule has 1 aromatic carbocycles. The first kappa shape index (κ1) is 14.7. The fourth-order valence-corrected chi connectivity index (χ4v) is 2.56. The summed E-state index contributed by atoms with van der Waals surface area (Å²) in [7, 11) is 4.29. The van der Waals surface area contributed by atoms with Gasteiger partial charge in [-0.1, -0.05) is 25.1 Å². The van der Waals surface area contributed by atoms with Crippen molar-refractivity contribution in [2.75, 3.05) is 14.1 Å². The van der Waals surface area contributed by atoms with E-state index in [2.05, 4.69) is 75.5 Å². The van der Waals surface area contributed by atoms with Crippen LogP contribution in [0.2, 0.25) is 0 Å². The predicted octanol–water partition coefficient (Wildman–Crippen LogP) is 1.05. The monoisotopic (exact) mass is 274 g/mol. The van der Waals surface area contributed by atoms with Crippen molar-refractivity contribution < 1.29 is 4.90 Å². The summed E-state index contributed by atoms with van der Waals surface area (Å²) in [6.07, 6.45) is 0.973. The number of aromatic nitrogens is 4. The fraction of sp³-hybridized carbons (Fsp3) is 0.533. The number of quaternary nitrogens is 1. The summed E-state index contributed by atoms with van der Waals surface area (Å²) in [5.74, 6) is 0.914. The van der Waals surface area contributed by atoms with Gasteiger partial charge in [0.15, 0.2) is 5.54 Å². The molecular formula is C15H24N5+. The van der Waals surface area contributed by atoms with Crippen LogP contribution in [-0.2, 0) is 5.54 Å². The first-order chi connectivity index (χ1) is 9.41. The number of tetrazole rings is 1. The second kappa shape index (κ2) is 5.32. The van der Waals surface area contributed by atoms with Gasteiger partial charge in [0.05, 0.1) is 19.8 Å². The van der Waals surface area contributed by atoms with Crippen molar-refractivity contribution in [2.45, 2.75) is 39.7 Å². The molecule has 0 saturated carbocycles. The van der Waals surface area contributed by atoms with Gasteiger partial charge in [0, 0.05) is 6.42 Å². The number of nitrogens with one attached hydrogen (secondary N) is 1. The molecule has 0 fully saturated rings. The van der Waals surface area contributed by atoms with Crippen LogP contribution in [0.4, 0.5) is 0 Å². The van der Waals surface area contributed by atoms with Gasteiger partial charge in [0.2, 0.25) is 5.82 Å². The Hall–Kier alpha value is -1.75. The van der Waals surface area contributed by atoms with Crippen LogP contribution in [-0.4, -0.2) is 34.3 Å². The first-order valence-corrected chi connectivity index (χ1v) is 7.08. The van der Waals surface area contributed by atoms with E-state index in [1.807, 2.05) is 4.68 Å². The van der Waals surface area contributed by atoms with Crippen LogP contribution >= 0.6 is 0 Å². The van der Waals surface area contributed by atoms with Crippen molar-refractivity contribution in [1.82, 2.24) is 20.2 Å². The lowest BCUT2D eigenvalue weighted by Crippen LogP contribution is -3.13. The number of benzene rings is 1. The zero-order valence-corrected chi connectivity index (χ0v) is 13.2. The van der Waals surface area contributed by atoms with Crippen LogP contribution in [0, 0.1) is 13.8 Å². The molecule has 20 heavy (non-hydrogen) atoms. The number of nitrogens with zero attached hydrogens (tertiary/aromatic N) is 4. The summed E-state index contributed by atoms with van der Waals surface area (Å²) >= 11 is 0. The molecule has 2 rings (SSSR count). The molecule has 1 atom stereocenters. The summed E-state index contributed by atoms with van der Waals surface area (Å²) in [6.45, 7) is 8.58. The summed E-state index contributed by atoms with van der Waals surface area (Å²) < 4.78 is 1.90. The maximum Gasteiger partial charge on any atom is 0.216 e. The van der Waals surface area contributed by atoms with Gasteiger partial charge in [-0.3, -0.25) is 0 Å². The van der Waals surface area contributed by atoms with Crippen molar-refractivity contribution in [2.24, 2.45) is 0 Å². The van der Waals surface area contributed by atoms with Crippen molar-refractivity contribution in [1.29, 1.82) is 0 Å². The van der Waals surface area contributed by atoms with Gasteiger partial charge < -0.3 is 4.90 Å². The van der Waals surface area contributed by atoms with Crippen molar-refractivity contribution in [3.63, 3.8) is 0 Å². The van der Waals surface area contributed by atoms with Crippen molar-refractivity contribution >= 4 is 0 Å². The highest BCUT2D eigenvalue weighted by Gasteiger charge is 2.38. The van der Waals surface area contributed by atoms with Gasteiger partial charge in [0.1, 0.15) is 0 Å². The van der Waals surface area contributed by atoms with E-state index in [-0.39, 0.29) is 5.54 Å². The first-order valence-electron chi connectivity index (χ1n) is 7.08. The van der Waals surface area contributed by atoms with Gasteiger partial charge in [-0.15, -0.1) is 5.10 Å². The number of hydrogen-bond acceptors (Lipinski definition) is 3. The average Bonchev–Trinajstić information content (AvgIpc) is 2.87. The van der Waals surface area contributed by atoms with Gasteiger partial charge in [-0.2, -0.15) is 4.68 Å². The molecule has 1 heterocycles. The SMILES string of the molecule is CC[C@@](C)(c1nnnn1-c1c(C)cccc1C)[NH+](C)C. The normalized spacial score (nSPS) is 14.6. The minimum Gasteiger partial charge on any atom is -0.329 e. The second-order valence-electron chi connectivity index (χ2n) is 5.84. The van der Waals surface area contributed by atoms with E-state index in [1.54, 1.807) is 0 Å². The summed E-state index contributed by atoms with van der Waals surface area (Å²) in [5, 5.41) is 12.5. The molecule has 0 aliphatic heterocycles. The maximum absolute atomic E-state index is 4.32. The minimum absolute atomic E-state index is 0.113. The van der Waals surface area contributed by atoms with Crippen LogP contribution in [0.5, 0.6) is 0 Å². The van der Waals surface area contributed by atoms with E-state index < -0.39 is 0 Å². The molecule has 1 aromatic heterocycles. The Labute approximate surface area is 120 Å². The Balaban J connectivity index is 2.65. The van der Waals surface area contributed by atoms with Crippen molar-refractivity contribution in [3.8, 4) is 5.69 Å². The molecule has 0 spiro atoms. The lowest BCUT2D eigenvalue weighted by Gasteiger charge is -2.31. The van der Waals surface area contributed by atoms with Crippen LogP contribution < -0.4 is 4.90 Å². The molecule has 2 aromatic rings. The van der Waals surface area contributed by atoms with E-state index in [0.29, 0.717) is 0 Å². The lowest BCUT2D eigenvalue weighted by atomic mass is 9.96. The average molecular weight is 274 g/mol. The number of hydrogen-bond donors (Lipinski definition) is 1. The second-order valence-corrected chi connectivity index (χ2v) is 5.84. The molecule has 0 radical (unpaired) electrons. The molecule has 0 saturated heterocycles. The van der Waals surface area contributed by atoms with E-state index in [0.717, 1.165) is 17.9 Å². The molecule has 1 N–H and O–H groups in total. The van der Waals surface area contributed by atoms with Gasteiger partial charge >= 0.3 is 0 Å². The van der Waals surface area contributed by atoms with Gasteiger partial charge in [0.25, 0.3) is 0 Å². The highest BCUT2D eigenvalue weighted by molar-refractivity contribution is 5.46. The Kier molecular flexibility index (Phi) is 3.90. The van der Waals surface area contributed by atoms with Gasteiger partial charge in [-0.25, -0.2) is 0 Å². The molecule has 0 aliphatic carbocycles. The largest absolute Gasteiger partial charge is 0.329 e. The van der Waals surface area contributed by atoms with E-state index in [4.69, 9.17) is 0 Å². The quantitative estimate of drug-likeness (QED) is 0.906. The van der Waals surface area contributed by atoms with E-state index >= 15 is 0 Å². The maximum atomic E-state index is 4.32. The van der Waals surface area contributed by atoms with E-state index in [9.17, 15) is 0 Å². The fourth-order valence-electron chi connectivity index (χ4n) is 2.56. The molecule has 0 amide bonds. The van der Waals surface area contributed by atoms with Crippen LogP contribution in [0.25, 0.3) is 5.69 Å². The van der Waals surface area contributed by atoms with Crippen molar-refractivity contribution in [3.05, 3.63) is 35.2 Å². The topological polar surface area (TPSA) is 48.0 Å². The number of rotatable bonds is 4. The highest BCUT2D eigenvalue weighted by atomic mass is 15.6. The molecule has 0 bridgehead atoms. The molecular weight excluding hydrogens is 250 g/mol. The van der Waals surface area contributed by atoms with E-state index in [1.165, 1.54) is 16.0 Å². The molecule has 0 unspecified atom stereocenters. The molecule has 5 heteroatoms. The van der Waals surface area contributed by atoms with Gasteiger partial charge in [-0.05, 0) is 42.3 Å². The Morgan fingerprint density at radius 2 is 1.80 bits per heavy atom. The highest BCUT2D eigenvalue weighted by Crippen LogP contribution is 2.24. The lowest BCUT2D eigenvalue weighted by molar-refractivity contribution is -0.923.